The molecule has 0 saturated carbocycles. The molecule has 0 saturated heterocycles. The summed E-state index contributed by atoms with van der Waals surface area (Å²) in [5, 5.41) is 9.88. The Morgan fingerprint density at radius 3 is 2.54 bits per heavy atom. The summed E-state index contributed by atoms with van der Waals surface area (Å²) < 4.78 is 18.7. The fourth-order valence-corrected chi connectivity index (χ4v) is 3.83. The van der Waals surface area contributed by atoms with E-state index in [9.17, 15) is 14.3 Å². The monoisotopic (exact) mass is 348 g/mol. The molecule has 6 heteroatoms. The Morgan fingerprint density at radius 1 is 1.25 bits per heavy atom. The lowest BCUT2D eigenvalue weighted by Gasteiger charge is -2.27. The highest BCUT2D eigenvalue weighted by atomic mass is 32.2. The molecular weight excluding hydrogens is 329 g/mol. The lowest BCUT2D eigenvalue weighted by molar-refractivity contribution is 0.136. The molecule has 0 spiro atoms. The van der Waals surface area contributed by atoms with E-state index in [4.69, 9.17) is 4.74 Å². The van der Waals surface area contributed by atoms with Crippen molar-refractivity contribution in [2.24, 2.45) is 0 Å². The Hall–Kier alpha value is -2.05. The number of ether oxygens (including phenoxy) is 1. The molecule has 0 bridgehead atoms. The maximum absolute atomic E-state index is 13.1. The van der Waals surface area contributed by atoms with E-state index in [2.05, 4.69) is 0 Å². The van der Waals surface area contributed by atoms with Crippen LogP contribution in [0.1, 0.15) is 19.4 Å². The first-order valence-corrected chi connectivity index (χ1v) is 8.35. The number of para-hydroxylation sites is 1. The van der Waals surface area contributed by atoms with Gasteiger partial charge in [-0.3, -0.25) is 0 Å². The largest absolute Gasteiger partial charge is 0.530 e. The lowest BCUT2D eigenvalue weighted by atomic mass is 10.0. The summed E-state index contributed by atoms with van der Waals surface area (Å²) in [4.78, 5) is 12.7. The number of quaternary nitrogens is 1. The maximum atomic E-state index is 13.1. The Balaban J connectivity index is 2.05. The second-order valence-corrected chi connectivity index (χ2v) is 7.94. The number of carbonyl (C=O) groups is 1. The van der Waals surface area contributed by atoms with Crippen molar-refractivity contribution in [3.8, 4) is 5.75 Å². The van der Waals surface area contributed by atoms with E-state index in [0.29, 0.717) is 16.3 Å². The van der Waals surface area contributed by atoms with Gasteiger partial charge in [0.05, 0.1) is 11.9 Å². The first-order chi connectivity index (χ1) is 11.2. The average molecular weight is 348 g/mol. The Labute approximate surface area is 144 Å². The number of rotatable bonds is 3. The normalized spacial score (nSPS) is 17.7. The van der Waals surface area contributed by atoms with Crippen LogP contribution in [-0.2, 0) is 6.42 Å². The SMILES string of the molecule is CC1(C)Cc2cccc([N+](C)(Sc3ccc(F)cc3)C(=O)O)c2O1. The zero-order valence-corrected chi connectivity index (χ0v) is 14.6. The van der Waals surface area contributed by atoms with Crippen molar-refractivity contribution in [1.29, 1.82) is 0 Å². The Kier molecular flexibility index (Phi) is 4.05. The van der Waals surface area contributed by atoms with E-state index >= 15 is 0 Å². The molecule has 0 aliphatic carbocycles. The minimum atomic E-state index is -1.02. The number of hydrogen-bond donors (Lipinski definition) is 1. The van der Waals surface area contributed by atoms with Gasteiger partial charge in [-0.2, -0.15) is 4.79 Å². The van der Waals surface area contributed by atoms with E-state index in [0.717, 1.165) is 23.9 Å². The molecule has 1 heterocycles. The van der Waals surface area contributed by atoms with Crippen molar-refractivity contribution in [3.63, 3.8) is 0 Å². The molecular formula is C18H19FNO3S+. The summed E-state index contributed by atoms with van der Waals surface area (Å²) in [5.74, 6) is 0.275. The predicted octanol–water partition coefficient (Wildman–Crippen LogP) is 4.86. The predicted molar refractivity (Wildman–Crippen MR) is 92.9 cm³/mol. The molecule has 3 rings (SSSR count). The molecule has 126 valence electrons. The Morgan fingerprint density at radius 2 is 1.92 bits per heavy atom. The number of carboxylic acid groups (broad SMARTS) is 1. The summed E-state index contributed by atoms with van der Waals surface area (Å²) in [6.07, 6.45) is -0.289. The van der Waals surface area contributed by atoms with Gasteiger partial charge in [0.25, 0.3) is 0 Å². The number of hydrogen-bond acceptors (Lipinski definition) is 3. The summed E-state index contributed by atoms with van der Waals surface area (Å²) in [6.45, 7) is 3.96. The Bertz CT molecular complexity index is 791. The van der Waals surface area contributed by atoms with Crippen LogP contribution in [-0.4, -0.2) is 23.8 Å². The van der Waals surface area contributed by atoms with Gasteiger partial charge in [-0.15, -0.1) is 3.89 Å². The van der Waals surface area contributed by atoms with Crippen LogP contribution in [0.15, 0.2) is 47.4 Å². The molecule has 24 heavy (non-hydrogen) atoms. The molecule has 0 radical (unpaired) electrons. The van der Waals surface area contributed by atoms with Crippen molar-refractivity contribution < 1.29 is 19.0 Å². The van der Waals surface area contributed by atoms with Crippen LogP contribution in [0.25, 0.3) is 0 Å². The number of benzene rings is 2. The fraction of sp³-hybridized carbons (Fsp3) is 0.278. The van der Waals surface area contributed by atoms with Crippen LogP contribution >= 0.6 is 11.9 Å². The lowest BCUT2D eigenvalue weighted by Crippen LogP contribution is -2.43. The smallest absolute Gasteiger partial charge is 0.481 e. The first-order valence-electron chi connectivity index (χ1n) is 7.58. The zero-order chi connectivity index (χ0) is 17.5. The molecule has 1 aliphatic rings. The van der Waals surface area contributed by atoms with Gasteiger partial charge in [-0.05, 0) is 38.1 Å². The maximum Gasteiger partial charge on any atom is 0.530 e. The first kappa shape index (κ1) is 16.8. The number of nitrogens with zero attached hydrogens (tertiary/aromatic N) is 1. The highest BCUT2D eigenvalue weighted by Gasteiger charge is 2.44. The molecule has 2 aromatic rings. The van der Waals surface area contributed by atoms with Crippen molar-refractivity contribution in [2.75, 3.05) is 7.05 Å². The van der Waals surface area contributed by atoms with E-state index < -0.39 is 9.98 Å². The topological polar surface area (TPSA) is 46.5 Å². The van der Waals surface area contributed by atoms with Crippen LogP contribution in [0, 0.1) is 5.82 Å². The van der Waals surface area contributed by atoms with Crippen molar-refractivity contribution in [2.45, 2.75) is 30.8 Å². The van der Waals surface area contributed by atoms with Gasteiger partial charge in [0.15, 0.2) is 11.4 Å². The third-order valence-electron chi connectivity index (χ3n) is 4.00. The van der Waals surface area contributed by atoms with Gasteiger partial charge in [0, 0.05) is 18.1 Å². The molecule has 0 aromatic heterocycles. The van der Waals surface area contributed by atoms with E-state index in [1.807, 2.05) is 26.0 Å². The molecule has 1 N–H and O–H groups in total. The molecule has 1 atom stereocenters. The van der Waals surface area contributed by atoms with Crippen LogP contribution in [0.3, 0.4) is 0 Å². The standard InChI is InChI=1S/C18H18FNO3S/c1-18(2)11-12-5-4-6-15(16(12)23-18)20(3,17(21)22)24-14-9-7-13(19)8-10-14/h4-10H,11H2,1-3H3/p+1. The fourth-order valence-electron chi connectivity index (χ4n) is 2.83. The molecule has 2 aromatic carbocycles. The second-order valence-electron chi connectivity index (χ2n) is 6.56. The van der Waals surface area contributed by atoms with E-state index in [1.54, 1.807) is 25.2 Å². The number of fused-ring (bicyclic) bond motifs is 1. The highest BCUT2D eigenvalue weighted by molar-refractivity contribution is 7.99. The van der Waals surface area contributed by atoms with E-state index in [1.165, 1.54) is 12.1 Å². The molecule has 4 nitrogen and oxygen atoms in total. The van der Waals surface area contributed by atoms with Gasteiger partial charge in [-0.1, -0.05) is 12.1 Å². The van der Waals surface area contributed by atoms with Crippen molar-refractivity contribution >= 4 is 23.7 Å². The quantitative estimate of drug-likeness (QED) is 0.635. The van der Waals surface area contributed by atoms with Crippen LogP contribution < -0.4 is 8.63 Å². The van der Waals surface area contributed by atoms with Crippen molar-refractivity contribution in [1.82, 2.24) is 3.89 Å². The summed E-state index contributed by atoms with van der Waals surface area (Å²) in [7, 11) is 1.60. The van der Waals surface area contributed by atoms with Gasteiger partial charge >= 0.3 is 6.09 Å². The molecule has 0 fully saturated rings. The molecule has 1 amide bonds. The highest BCUT2D eigenvalue weighted by Crippen LogP contribution is 2.48. The third-order valence-corrected chi connectivity index (χ3v) is 5.20. The number of halogens is 1. The summed E-state index contributed by atoms with van der Waals surface area (Å²) in [6, 6.07) is 11.4. The number of amides is 1. The van der Waals surface area contributed by atoms with Crippen LogP contribution in [0.5, 0.6) is 5.75 Å². The molecule has 1 aliphatic heterocycles. The van der Waals surface area contributed by atoms with Gasteiger partial charge in [0.2, 0.25) is 0 Å². The van der Waals surface area contributed by atoms with Crippen molar-refractivity contribution in [3.05, 3.63) is 53.8 Å². The van der Waals surface area contributed by atoms with Gasteiger partial charge in [0.1, 0.15) is 23.4 Å². The minimum absolute atomic E-state index is 0.352. The molecule has 1 unspecified atom stereocenters. The van der Waals surface area contributed by atoms with Crippen LogP contribution in [0.4, 0.5) is 14.9 Å². The van der Waals surface area contributed by atoms with Gasteiger partial charge in [-0.25, -0.2) is 4.39 Å². The van der Waals surface area contributed by atoms with Gasteiger partial charge < -0.3 is 9.84 Å². The van der Waals surface area contributed by atoms with E-state index in [-0.39, 0.29) is 11.4 Å². The summed E-state index contributed by atoms with van der Waals surface area (Å²) >= 11 is 1.12. The average Bonchev–Trinajstić information content (AvgIpc) is 2.82. The third kappa shape index (κ3) is 2.99. The minimum Gasteiger partial charge on any atom is -0.481 e. The summed E-state index contributed by atoms with van der Waals surface area (Å²) in [5.41, 5.74) is 1.21. The van der Waals surface area contributed by atoms with Crippen LogP contribution in [0.2, 0.25) is 0 Å². The zero-order valence-electron chi connectivity index (χ0n) is 13.7. The second kappa shape index (κ2) is 5.79.